The van der Waals surface area contributed by atoms with Gasteiger partial charge in [-0.05, 0) is 0 Å². The van der Waals surface area contributed by atoms with Gasteiger partial charge in [0.05, 0.1) is 15.0 Å². The van der Waals surface area contributed by atoms with Crippen LogP contribution in [0.5, 0.6) is 0 Å². The van der Waals surface area contributed by atoms with Gasteiger partial charge in [0.15, 0.2) is 0 Å². The fourth-order valence-electron chi connectivity index (χ4n) is 0.796. The Balaban J connectivity index is 2.48. The molecule has 2 nitrogen and oxygen atoms in total. The van der Waals surface area contributed by atoms with Crippen LogP contribution < -0.4 is 5.45 Å². The predicted octanol–water partition coefficient (Wildman–Crippen LogP) is -1.66. The minimum Gasteiger partial charge on any atom is -0.353 e. The topological polar surface area (TPSA) is 28.7 Å². The number of H-pyrrole nitrogens is 1. The van der Waals surface area contributed by atoms with Gasteiger partial charge >= 0.3 is 0 Å². The molecule has 4 heteroatoms. The summed E-state index contributed by atoms with van der Waals surface area (Å²) in [6.07, 6.45) is 3.75. The standard InChI is InChI=1S/C5H12N2Si2/c1-4(8)9-5-6-2-3-7-5/h2-4H,9H2,1,8H3,(H,6,7). The lowest BCUT2D eigenvalue weighted by atomic mass is 10.9. The molecule has 0 saturated carbocycles. The van der Waals surface area contributed by atoms with Gasteiger partial charge in [-0.2, -0.15) is 0 Å². The van der Waals surface area contributed by atoms with E-state index in [1.54, 1.807) is 0 Å². The number of nitrogens with one attached hydrogen (secondary N) is 1. The first kappa shape index (κ1) is 6.76. The van der Waals surface area contributed by atoms with Gasteiger partial charge in [0.1, 0.15) is 0 Å². The van der Waals surface area contributed by atoms with Crippen LogP contribution in [0.25, 0.3) is 0 Å². The van der Waals surface area contributed by atoms with Crippen molar-refractivity contribution in [3.05, 3.63) is 12.4 Å². The molecule has 0 bridgehead atoms. The molecule has 0 fully saturated rings. The molecule has 0 aromatic carbocycles. The summed E-state index contributed by atoms with van der Waals surface area (Å²) in [5, 5.41) is 0.969. The zero-order valence-electron chi connectivity index (χ0n) is 5.89. The van der Waals surface area contributed by atoms with Gasteiger partial charge in [0.2, 0.25) is 0 Å². The van der Waals surface area contributed by atoms with Gasteiger partial charge in [-0.3, -0.25) is 0 Å². The Bertz CT molecular complexity index is 159. The molecule has 9 heavy (non-hydrogen) atoms. The maximum absolute atomic E-state index is 4.18. The summed E-state index contributed by atoms with van der Waals surface area (Å²) in [5.74, 6) is 0. The predicted molar refractivity (Wildman–Crippen MR) is 46.1 cm³/mol. The molecule has 0 aliphatic rings. The van der Waals surface area contributed by atoms with E-state index < -0.39 is 0 Å². The van der Waals surface area contributed by atoms with E-state index in [9.17, 15) is 0 Å². The Labute approximate surface area is 60.3 Å². The SMILES string of the molecule is CC([SiH3])[SiH2]c1ncc[nH]1. The van der Waals surface area contributed by atoms with Crippen molar-refractivity contribution < 1.29 is 0 Å². The van der Waals surface area contributed by atoms with Crippen LogP contribution in [0.1, 0.15) is 6.92 Å². The van der Waals surface area contributed by atoms with Gasteiger partial charge in [0.25, 0.3) is 0 Å². The van der Waals surface area contributed by atoms with E-state index >= 15 is 0 Å². The zero-order chi connectivity index (χ0) is 6.69. The highest BCUT2D eigenvalue weighted by Gasteiger charge is 1.98. The molecule has 0 aliphatic heterocycles. The van der Waals surface area contributed by atoms with Gasteiger partial charge in [-0.1, -0.05) is 12.1 Å². The van der Waals surface area contributed by atoms with Crippen LogP contribution in [0, 0.1) is 0 Å². The molecule has 0 aliphatic carbocycles. The highest BCUT2D eigenvalue weighted by molar-refractivity contribution is 6.60. The summed E-state index contributed by atoms with van der Waals surface area (Å²) in [6, 6.07) is 0. The molecule has 1 atom stereocenters. The molecule has 0 amide bonds. The fraction of sp³-hybridized carbons (Fsp3) is 0.400. The van der Waals surface area contributed by atoms with Gasteiger partial charge < -0.3 is 4.98 Å². The van der Waals surface area contributed by atoms with Crippen molar-refractivity contribution in [1.82, 2.24) is 9.97 Å². The smallest absolute Gasteiger partial charge is 0.0994 e. The average Bonchev–Trinajstić information content (AvgIpc) is 2.15. The molecular formula is C5H12N2Si2. The number of aromatic amines is 1. The Morgan fingerprint density at radius 2 is 2.67 bits per heavy atom. The number of rotatable bonds is 2. The van der Waals surface area contributed by atoms with Crippen molar-refractivity contribution in [2.45, 2.75) is 12.1 Å². The van der Waals surface area contributed by atoms with Crippen LogP contribution in [0.2, 0.25) is 5.16 Å². The van der Waals surface area contributed by atoms with Crippen molar-refractivity contribution in [3.8, 4) is 0 Å². The Kier molecular flexibility index (Phi) is 2.24. The summed E-state index contributed by atoms with van der Waals surface area (Å²) in [5.41, 5.74) is 1.26. The van der Waals surface area contributed by atoms with E-state index in [-0.39, 0.29) is 9.52 Å². The van der Waals surface area contributed by atoms with E-state index in [1.165, 1.54) is 15.7 Å². The van der Waals surface area contributed by atoms with Crippen LogP contribution in [0.4, 0.5) is 0 Å². The third-order valence-corrected chi connectivity index (χ3v) is 3.97. The maximum Gasteiger partial charge on any atom is 0.0994 e. The first-order valence-corrected chi connectivity index (χ1v) is 5.95. The molecule has 50 valence electrons. The van der Waals surface area contributed by atoms with Crippen molar-refractivity contribution in [1.29, 1.82) is 0 Å². The second-order valence-electron chi connectivity index (χ2n) is 2.63. The summed E-state index contributed by atoms with van der Waals surface area (Å²) in [4.78, 5) is 7.33. The van der Waals surface area contributed by atoms with E-state index in [4.69, 9.17) is 0 Å². The molecule has 1 heterocycles. The van der Waals surface area contributed by atoms with Gasteiger partial charge in [-0.15, -0.1) is 0 Å². The maximum atomic E-state index is 4.18. The van der Waals surface area contributed by atoms with Crippen molar-refractivity contribution in [3.63, 3.8) is 0 Å². The first-order valence-electron chi connectivity index (χ1n) is 3.27. The molecule has 0 spiro atoms. The van der Waals surface area contributed by atoms with Crippen molar-refractivity contribution >= 4 is 25.2 Å². The minimum atomic E-state index is -0.0394. The third-order valence-electron chi connectivity index (χ3n) is 1.16. The van der Waals surface area contributed by atoms with Gasteiger partial charge in [0, 0.05) is 22.6 Å². The summed E-state index contributed by atoms with van der Waals surface area (Å²) >= 11 is 0. The van der Waals surface area contributed by atoms with E-state index in [2.05, 4.69) is 16.9 Å². The molecule has 1 rings (SSSR count). The second kappa shape index (κ2) is 2.98. The Morgan fingerprint density at radius 1 is 1.89 bits per heavy atom. The fourth-order valence-corrected chi connectivity index (χ4v) is 3.18. The Hall–Kier alpha value is -0.356. The minimum absolute atomic E-state index is 0.0394. The van der Waals surface area contributed by atoms with Crippen LogP contribution in [0.15, 0.2) is 12.4 Å². The number of imidazole rings is 1. The number of aromatic nitrogens is 2. The monoisotopic (exact) mass is 156 g/mol. The summed E-state index contributed by atoms with van der Waals surface area (Å²) in [7, 11) is 1.28. The number of nitrogens with zero attached hydrogens (tertiary/aromatic N) is 1. The third kappa shape index (κ3) is 2.15. The molecule has 1 N–H and O–H groups in total. The lowest BCUT2D eigenvalue weighted by molar-refractivity contribution is 1.31. The first-order chi connectivity index (χ1) is 4.29. The molecule has 1 unspecified atom stereocenters. The van der Waals surface area contributed by atoms with Crippen LogP contribution in [-0.2, 0) is 0 Å². The molecular weight excluding hydrogens is 144 g/mol. The number of hydrogen-bond acceptors (Lipinski definition) is 1. The van der Waals surface area contributed by atoms with E-state index in [1.807, 2.05) is 12.4 Å². The largest absolute Gasteiger partial charge is 0.353 e. The molecule has 0 radical (unpaired) electrons. The van der Waals surface area contributed by atoms with Crippen molar-refractivity contribution in [2.24, 2.45) is 0 Å². The number of hydrogen-bond donors (Lipinski definition) is 1. The van der Waals surface area contributed by atoms with Gasteiger partial charge in [-0.25, -0.2) is 4.98 Å². The highest BCUT2D eigenvalue weighted by Crippen LogP contribution is 1.87. The highest BCUT2D eigenvalue weighted by atomic mass is 28.2. The molecule has 0 saturated heterocycles. The quantitative estimate of drug-likeness (QED) is 0.510. The van der Waals surface area contributed by atoms with E-state index in [0.29, 0.717) is 0 Å². The molecule has 1 aromatic rings. The summed E-state index contributed by atoms with van der Waals surface area (Å²) < 4.78 is 0. The van der Waals surface area contributed by atoms with Crippen LogP contribution in [0.3, 0.4) is 0 Å². The zero-order valence-corrected chi connectivity index (χ0v) is 9.30. The van der Waals surface area contributed by atoms with Crippen LogP contribution >= 0.6 is 0 Å². The summed E-state index contributed by atoms with van der Waals surface area (Å²) in [6.45, 7) is 2.31. The lowest BCUT2D eigenvalue weighted by Crippen LogP contribution is -2.21. The average molecular weight is 156 g/mol. The molecule has 1 aromatic heterocycles. The second-order valence-corrected chi connectivity index (χ2v) is 8.95. The Morgan fingerprint density at radius 3 is 3.11 bits per heavy atom. The van der Waals surface area contributed by atoms with E-state index in [0.717, 1.165) is 5.16 Å². The lowest BCUT2D eigenvalue weighted by Gasteiger charge is -1.96. The van der Waals surface area contributed by atoms with Crippen LogP contribution in [-0.4, -0.2) is 29.7 Å². The normalized spacial score (nSPS) is 15.2. The van der Waals surface area contributed by atoms with Crippen molar-refractivity contribution in [2.75, 3.05) is 0 Å².